The molecular weight excluding hydrogens is 363 g/mol. The second-order valence-corrected chi connectivity index (χ2v) is 6.61. The predicted octanol–water partition coefficient (Wildman–Crippen LogP) is 3.47. The van der Waals surface area contributed by atoms with Crippen molar-refractivity contribution in [1.82, 2.24) is 9.88 Å². The SMILES string of the molecule is CN(C[C@@H]1Cc2ccccc2O1)C(=O)c1coc(COc2ccc(F)cc2)n1. The lowest BCUT2D eigenvalue weighted by Crippen LogP contribution is -2.36. The van der Waals surface area contributed by atoms with Crippen molar-refractivity contribution in [2.45, 2.75) is 19.1 Å². The van der Waals surface area contributed by atoms with Crippen LogP contribution in [0.2, 0.25) is 0 Å². The second-order valence-electron chi connectivity index (χ2n) is 6.61. The average Bonchev–Trinajstić information content (AvgIpc) is 3.33. The highest BCUT2D eigenvalue weighted by Crippen LogP contribution is 2.28. The van der Waals surface area contributed by atoms with Gasteiger partial charge in [0.2, 0.25) is 5.89 Å². The fraction of sp³-hybridized carbons (Fsp3) is 0.238. The van der Waals surface area contributed by atoms with Crippen LogP contribution in [0.5, 0.6) is 11.5 Å². The molecule has 28 heavy (non-hydrogen) atoms. The van der Waals surface area contributed by atoms with Crippen LogP contribution in [0.1, 0.15) is 21.9 Å². The van der Waals surface area contributed by atoms with Crippen LogP contribution in [0.4, 0.5) is 4.39 Å². The van der Waals surface area contributed by atoms with E-state index in [4.69, 9.17) is 13.9 Å². The van der Waals surface area contributed by atoms with Crippen molar-refractivity contribution in [3.63, 3.8) is 0 Å². The molecule has 0 fully saturated rings. The predicted molar refractivity (Wildman–Crippen MR) is 98.8 cm³/mol. The molecule has 2 heterocycles. The number of rotatable bonds is 6. The number of oxazole rings is 1. The molecule has 4 rings (SSSR count). The van der Waals surface area contributed by atoms with E-state index in [1.807, 2.05) is 24.3 Å². The quantitative estimate of drug-likeness (QED) is 0.653. The van der Waals surface area contributed by atoms with E-state index in [-0.39, 0.29) is 36.0 Å². The maximum absolute atomic E-state index is 12.9. The zero-order valence-electron chi connectivity index (χ0n) is 15.3. The lowest BCUT2D eigenvalue weighted by molar-refractivity contribution is 0.0724. The number of fused-ring (bicyclic) bond motifs is 1. The summed E-state index contributed by atoms with van der Waals surface area (Å²) in [6, 6.07) is 13.5. The van der Waals surface area contributed by atoms with Crippen LogP contribution in [0.25, 0.3) is 0 Å². The van der Waals surface area contributed by atoms with Gasteiger partial charge in [-0.25, -0.2) is 9.37 Å². The molecule has 0 aliphatic carbocycles. The molecule has 0 unspecified atom stereocenters. The Morgan fingerprint density at radius 3 is 2.82 bits per heavy atom. The molecule has 1 aliphatic rings. The number of carbonyl (C=O) groups excluding carboxylic acids is 1. The number of benzene rings is 2. The minimum atomic E-state index is -0.339. The van der Waals surface area contributed by atoms with Crippen LogP contribution in [0, 0.1) is 5.82 Å². The zero-order valence-corrected chi connectivity index (χ0v) is 15.3. The summed E-state index contributed by atoms with van der Waals surface area (Å²) in [4.78, 5) is 18.3. The second kappa shape index (κ2) is 7.72. The van der Waals surface area contributed by atoms with E-state index < -0.39 is 0 Å². The van der Waals surface area contributed by atoms with Crippen molar-refractivity contribution < 1.29 is 23.1 Å². The fourth-order valence-corrected chi connectivity index (χ4v) is 3.09. The molecule has 0 bridgehead atoms. The third kappa shape index (κ3) is 3.98. The first-order chi connectivity index (χ1) is 13.6. The third-order valence-electron chi connectivity index (χ3n) is 4.48. The molecule has 1 aromatic heterocycles. The van der Waals surface area contributed by atoms with E-state index in [1.54, 1.807) is 11.9 Å². The molecule has 6 nitrogen and oxygen atoms in total. The minimum Gasteiger partial charge on any atom is -0.488 e. The maximum atomic E-state index is 12.9. The highest BCUT2D eigenvalue weighted by molar-refractivity contribution is 5.91. The molecule has 0 spiro atoms. The van der Waals surface area contributed by atoms with E-state index in [1.165, 1.54) is 30.5 Å². The van der Waals surface area contributed by atoms with Crippen molar-refractivity contribution in [3.05, 3.63) is 77.8 Å². The lowest BCUT2D eigenvalue weighted by atomic mass is 10.1. The molecule has 0 N–H and O–H groups in total. The Hall–Kier alpha value is -3.35. The number of aromatic nitrogens is 1. The number of likely N-dealkylation sites (N-methyl/N-ethyl adjacent to an activating group) is 1. The van der Waals surface area contributed by atoms with Gasteiger partial charge in [-0.15, -0.1) is 0 Å². The van der Waals surface area contributed by atoms with Gasteiger partial charge >= 0.3 is 0 Å². The molecular formula is C21H19FN2O4. The van der Waals surface area contributed by atoms with E-state index in [2.05, 4.69) is 4.98 Å². The largest absolute Gasteiger partial charge is 0.488 e. The van der Waals surface area contributed by atoms with Crippen molar-refractivity contribution >= 4 is 5.91 Å². The molecule has 0 saturated heterocycles. The van der Waals surface area contributed by atoms with E-state index in [0.29, 0.717) is 12.3 Å². The summed E-state index contributed by atoms with van der Waals surface area (Å²) < 4.78 is 29.6. The maximum Gasteiger partial charge on any atom is 0.275 e. The van der Waals surface area contributed by atoms with Crippen LogP contribution < -0.4 is 9.47 Å². The van der Waals surface area contributed by atoms with Crippen LogP contribution >= 0.6 is 0 Å². The molecule has 3 aromatic rings. The van der Waals surface area contributed by atoms with Crippen LogP contribution in [0.3, 0.4) is 0 Å². The number of hydrogen-bond donors (Lipinski definition) is 0. The molecule has 0 saturated carbocycles. The summed E-state index contributed by atoms with van der Waals surface area (Å²) in [5, 5.41) is 0. The van der Waals surface area contributed by atoms with Gasteiger partial charge in [0.05, 0.1) is 6.54 Å². The summed E-state index contributed by atoms with van der Waals surface area (Å²) >= 11 is 0. The highest BCUT2D eigenvalue weighted by atomic mass is 19.1. The Balaban J connectivity index is 1.32. The summed E-state index contributed by atoms with van der Waals surface area (Å²) in [7, 11) is 1.71. The van der Waals surface area contributed by atoms with Gasteiger partial charge in [-0.3, -0.25) is 4.79 Å². The average molecular weight is 382 g/mol. The Kier molecular flexibility index (Phi) is 4.97. The van der Waals surface area contributed by atoms with Gasteiger partial charge in [0.1, 0.15) is 29.7 Å². The van der Waals surface area contributed by atoms with E-state index in [9.17, 15) is 9.18 Å². The van der Waals surface area contributed by atoms with Gasteiger partial charge in [0.25, 0.3) is 5.91 Å². The number of para-hydroxylation sites is 1. The first-order valence-electron chi connectivity index (χ1n) is 8.91. The molecule has 7 heteroatoms. The normalized spacial score (nSPS) is 15.0. The summed E-state index contributed by atoms with van der Waals surface area (Å²) in [6.07, 6.45) is 2.00. The van der Waals surface area contributed by atoms with Gasteiger partial charge in [0.15, 0.2) is 12.3 Å². The number of ether oxygens (including phenoxy) is 2. The number of carbonyl (C=O) groups is 1. The Bertz CT molecular complexity index is 946. The Morgan fingerprint density at radius 2 is 2.04 bits per heavy atom. The number of nitrogens with zero attached hydrogens (tertiary/aromatic N) is 2. The highest BCUT2D eigenvalue weighted by Gasteiger charge is 2.26. The summed E-state index contributed by atoms with van der Waals surface area (Å²) in [6.45, 7) is 0.492. The third-order valence-corrected chi connectivity index (χ3v) is 4.48. The first-order valence-corrected chi connectivity index (χ1v) is 8.91. The lowest BCUT2D eigenvalue weighted by Gasteiger charge is -2.20. The van der Waals surface area contributed by atoms with Crippen LogP contribution in [-0.2, 0) is 13.0 Å². The Labute approximate surface area is 161 Å². The molecule has 144 valence electrons. The van der Waals surface area contributed by atoms with E-state index in [0.717, 1.165) is 17.7 Å². The summed E-state index contributed by atoms with van der Waals surface area (Å²) in [5.74, 6) is 1.04. The molecule has 2 aromatic carbocycles. The topological polar surface area (TPSA) is 64.8 Å². The number of halogens is 1. The van der Waals surface area contributed by atoms with Gasteiger partial charge < -0.3 is 18.8 Å². The van der Waals surface area contributed by atoms with E-state index >= 15 is 0 Å². The van der Waals surface area contributed by atoms with Crippen molar-refractivity contribution in [2.75, 3.05) is 13.6 Å². The molecule has 1 amide bonds. The fourth-order valence-electron chi connectivity index (χ4n) is 3.09. The van der Waals surface area contributed by atoms with Crippen LogP contribution in [0.15, 0.2) is 59.2 Å². The number of amides is 1. The molecule has 1 atom stereocenters. The smallest absolute Gasteiger partial charge is 0.275 e. The molecule has 1 aliphatic heterocycles. The number of hydrogen-bond acceptors (Lipinski definition) is 5. The Morgan fingerprint density at radius 1 is 1.25 bits per heavy atom. The van der Waals surface area contributed by atoms with Gasteiger partial charge in [-0.2, -0.15) is 0 Å². The summed E-state index contributed by atoms with van der Waals surface area (Å²) in [5.41, 5.74) is 1.35. The monoisotopic (exact) mass is 382 g/mol. The molecule has 0 radical (unpaired) electrons. The van der Waals surface area contributed by atoms with Gasteiger partial charge in [0, 0.05) is 13.5 Å². The van der Waals surface area contributed by atoms with Gasteiger partial charge in [-0.1, -0.05) is 18.2 Å². The van der Waals surface area contributed by atoms with Crippen LogP contribution in [-0.4, -0.2) is 35.5 Å². The standard InChI is InChI=1S/C21H19FN2O4/c1-24(11-17-10-14-4-2-3-5-19(14)28-17)21(25)18-12-27-20(23-18)13-26-16-8-6-15(22)7-9-16/h2-9,12,17H,10-11,13H2,1H3/t17-/m0/s1. The van der Waals surface area contributed by atoms with Crippen molar-refractivity contribution in [2.24, 2.45) is 0 Å². The van der Waals surface area contributed by atoms with Crippen molar-refractivity contribution in [3.8, 4) is 11.5 Å². The minimum absolute atomic E-state index is 0.0453. The zero-order chi connectivity index (χ0) is 19.5. The first kappa shape index (κ1) is 18.0. The van der Waals surface area contributed by atoms with Gasteiger partial charge in [-0.05, 0) is 35.9 Å². The van der Waals surface area contributed by atoms with Crippen molar-refractivity contribution in [1.29, 1.82) is 0 Å².